The van der Waals surface area contributed by atoms with Crippen LogP contribution in [0.4, 0.5) is 5.82 Å². The second-order valence-corrected chi connectivity index (χ2v) is 5.84. The maximum Gasteiger partial charge on any atom is 0.167 e. The molecule has 1 aliphatic heterocycles. The van der Waals surface area contributed by atoms with Gasteiger partial charge in [0.05, 0.1) is 12.4 Å². The lowest BCUT2D eigenvalue weighted by Gasteiger charge is -2.16. The minimum Gasteiger partial charge on any atom is -0.387 e. The van der Waals surface area contributed by atoms with Gasteiger partial charge < -0.3 is 26.0 Å². The number of nitrogens with two attached hydrogens (primary N) is 1. The highest BCUT2D eigenvalue weighted by Crippen LogP contribution is 2.32. The molecule has 0 amide bonds. The SMILES string of the molecule is NCCNc1ncnc2c1ncn2[C@@H]1O[C@H](CI)C(O)[C@@H]1O. The normalized spacial score (nSPS) is 28.4. The summed E-state index contributed by atoms with van der Waals surface area (Å²) in [6, 6.07) is 0. The molecule has 0 aliphatic carbocycles. The summed E-state index contributed by atoms with van der Waals surface area (Å²) in [5.41, 5.74) is 6.57. The fraction of sp³-hybridized carbons (Fsp3) is 0.583. The first-order chi connectivity index (χ1) is 10.7. The van der Waals surface area contributed by atoms with Gasteiger partial charge in [-0.05, 0) is 0 Å². The molecule has 9 nitrogen and oxygen atoms in total. The van der Waals surface area contributed by atoms with Crippen LogP contribution in [0.1, 0.15) is 6.23 Å². The van der Waals surface area contributed by atoms with Crippen molar-refractivity contribution in [3.8, 4) is 0 Å². The second-order valence-electron chi connectivity index (χ2n) is 4.96. The van der Waals surface area contributed by atoms with E-state index in [1.54, 1.807) is 4.57 Å². The molecule has 3 heterocycles. The molecule has 5 N–H and O–H groups in total. The number of alkyl halides is 1. The summed E-state index contributed by atoms with van der Waals surface area (Å²) in [6.45, 7) is 1.04. The number of hydrogen-bond acceptors (Lipinski definition) is 8. The Morgan fingerprint density at radius 1 is 1.32 bits per heavy atom. The number of aliphatic hydroxyl groups is 2. The van der Waals surface area contributed by atoms with Crippen LogP contribution in [-0.2, 0) is 4.74 Å². The van der Waals surface area contributed by atoms with Crippen LogP contribution in [0, 0.1) is 0 Å². The van der Waals surface area contributed by atoms with E-state index in [0.717, 1.165) is 0 Å². The standard InChI is InChI=1S/C12H17IN6O3/c13-3-6-8(20)9(21)12(22-6)19-5-18-7-10(15-2-1-14)16-4-17-11(7)19/h4-6,8-9,12,20-21H,1-3,14H2,(H,15,16,17)/t6-,8?,9+,12-/m1/s1. The van der Waals surface area contributed by atoms with E-state index in [2.05, 4.69) is 42.9 Å². The zero-order chi connectivity index (χ0) is 15.7. The molecule has 0 spiro atoms. The molecule has 0 bridgehead atoms. The number of ether oxygens (including phenoxy) is 1. The van der Waals surface area contributed by atoms with Crippen LogP contribution >= 0.6 is 22.6 Å². The fourth-order valence-corrected chi connectivity index (χ4v) is 3.17. The number of aliphatic hydroxyl groups excluding tert-OH is 2. The number of imidazole rings is 1. The van der Waals surface area contributed by atoms with Crippen LogP contribution in [0.2, 0.25) is 0 Å². The molecular weight excluding hydrogens is 403 g/mol. The van der Waals surface area contributed by atoms with Crippen LogP contribution in [0.5, 0.6) is 0 Å². The van der Waals surface area contributed by atoms with Gasteiger partial charge in [-0.3, -0.25) is 4.57 Å². The summed E-state index contributed by atoms with van der Waals surface area (Å²) in [6.07, 6.45) is -0.175. The Hall–Kier alpha value is -1.08. The predicted octanol–water partition coefficient (Wildman–Crippen LogP) is -0.749. The quantitative estimate of drug-likeness (QED) is 0.367. The molecule has 0 radical (unpaired) electrons. The molecule has 10 heteroatoms. The van der Waals surface area contributed by atoms with E-state index in [-0.39, 0.29) is 0 Å². The van der Waals surface area contributed by atoms with Gasteiger partial charge >= 0.3 is 0 Å². The third-order valence-electron chi connectivity index (χ3n) is 3.56. The largest absolute Gasteiger partial charge is 0.387 e. The lowest BCUT2D eigenvalue weighted by atomic mass is 10.1. The van der Waals surface area contributed by atoms with Gasteiger partial charge in [0, 0.05) is 17.5 Å². The smallest absolute Gasteiger partial charge is 0.167 e. The molecule has 3 rings (SSSR count). The van der Waals surface area contributed by atoms with Crippen molar-refractivity contribution in [2.45, 2.75) is 24.5 Å². The van der Waals surface area contributed by atoms with Crippen LogP contribution in [0.15, 0.2) is 12.7 Å². The van der Waals surface area contributed by atoms with Gasteiger partial charge in [0.1, 0.15) is 18.5 Å². The van der Waals surface area contributed by atoms with Crippen molar-refractivity contribution in [1.82, 2.24) is 19.5 Å². The number of rotatable bonds is 5. The van der Waals surface area contributed by atoms with Crippen LogP contribution in [0.25, 0.3) is 11.2 Å². The monoisotopic (exact) mass is 420 g/mol. The minimum atomic E-state index is -1.03. The first-order valence-corrected chi connectivity index (χ1v) is 8.39. The molecule has 1 aliphatic rings. The minimum absolute atomic E-state index is 0.422. The highest BCUT2D eigenvalue weighted by atomic mass is 127. The van der Waals surface area contributed by atoms with Gasteiger partial charge in [0.25, 0.3) is 0 Å². The average Bonchev–Trinajstić information content (AvgIpc) is 3.08. The Kier molecular flexibility index (Phi) is 4.73. The number of nitrogens with one attached hydrogen (secondary N) is 1. The van der Waals surface area contributed by atoms with Crippen LogP contribution in [0.3, 0.4) is 0 Å². The molecule has 0 saturated carbocycles. The highest BCUT2D eigenvalue weighted by molar-refractivity contribution is 14.1. The van der Waals surface area contributed by atoms with E-state index in [0.29, 0.717) is 34.5 Å². The number of anilines is 1. The van der Waals surface area contributed by atoms with Gasteiger partial charge in [0.15, 0.2) is 23.2 Å². The number of nitrogens with zero attached hydrogens (tertiary/aromatic N) is 4. The van der Waals surface area contributed by atoms with E-state index < -0.39 is 24.5 Å². The van der Waals surface area contributed by atoms with Gasteiger partial charge in [0.2, 0.25) is 0 Å². The van der Waals surface area contributed by atoms with Gasteiger partial charge in [-0.25, -0.2) is 15.0 Å². The van der Waals surface area contributed by atoms with Gasteiger partial charge in [-0.1, -0.05) is 22.6 Å². The lowest BCUT2D eigenvalue weighted by Crippen LogP contribution is -2.32. The Morgan fingerprint density at radius 2 is 2.14 bits per heavy atom. The average molecular weight is 420 g/mol. The maximum atomic E-state index is 10.2. The van der Waals surface area contributed by atoms with Crippen molar-refractivity contribution in [2.24, 2.45) is 5.73 Å². The topological polar surface area (TPSA) is 131 Å². The number of fused-ring (bicyclic) bond motifs is 1. The molecule has 1 fully saturated rings. The first-order valence-electron chi connectivity index (χ1n) is 6.86. The molecule has 120 valence electrons. The van der Waals surface area contributed by atoms with Crippen molar-refractivity contribution in [3.63, 3.8) is 0 Å². The second kappa shape index (κ2) is 6.58. The predicted molar refractivity (Wildman–Crippen MR) is 87.7 cm³/mol. The Morgan fingerprint density at radius 3 is 2.82 bits per heavy atom. The van der Waals surface area contributed by atoms with E-state index in [1.807, 2.05) is 0 Å². The summed E-state index contributed by atoms with van der Waals surface area (Å²) in [5, 5.41) is 23.3. The molecular formula is C12H17IN6O3. The number of halogens is 1. The lowest BCUT2D eigenvalue weighted by molar-refractivity contribution is -0.0283. The Labute approximate surface area is 140 Å². The summed E-state index contributed by atoms with van der Waals surface area (Å²) in [7, 11) is 0. The molecule has 4 atom stereocenters. The van der Waals surface area contributed by atoms with Crippen molar-refractivity contribution in [2.75, 3.05) is 22.8 Å². The van der Waals surface area contributed by atoms with E-state index in [4.69, 9.17) is 10.5 Å². The van der Waals surface area contributed by atoms with Crippen molar-refractivity contribution in [3.05, 3.63) is 12.7 Å². The Bertz CT molecular complexity index is 653. The number of aromatic nitrogens is 4. The molecule has 0 aromatic carbocycles. The summed E-state index contributed by atoms with van der Waals surface area (Å²) < 4.78 is 7.92. The highest BCUT2D eigenvalue weighted by Gasteiger charge is 2.43. The molecule has 2 aromatic rings. The van der Waals surface area contributed by atoms with Gasteiger partial charge in [-0.15, -0.1) is 0 Å². The molecule has 1 saturated heterocycles. The first kappa shape index (κ1) is 15.8. The maximum absolute atomic E-state index is 10.2. The van der Waals surface area contributed by atoms with E-state index in [1.165, 1.54) is 12.7 Å². The molecule has 22 heavy (non-hydrogen) atoms. The van der Waals surface area contributed by atoms with Crippen molar-refractivity contribution >= 4 is 39.6 Å². The molecule has 2 aromatic heterocycles. The zero-order valence-corrected chi connectivity index (χ0v) is 13.8. The zero-order valence-electron chi connectivity index (χ0n) is 11.6. The third kappa shape index (κ3) is 2.65. The third-order valence-corrected chi connectivity index (χ3v) is 4.43. The van der Waals surface area contributed by atoms with Crippen LogP contribution in [-0.4, -0.2) is 65.6 Å². The summed E-state index contributed by atoms with van der Waals surface area (Å²) in [5.74, 6) is 0.577. The van der Waals surface area contributed by atoms with Crippen LogP contribution < -0.4 is 11.1 Å². The van der Waals surface area contributed by atoms with Gasteiger partial charge in [-0.2, -0.15) is 0 Å². The van der Waals surface area contributed by atoms with Crippen molar-refractivity contribution in [1.29, 1.82) is 0 Å². The summed E-state index contributed by atoms with van der Waals surface area (Å²) >= 11 is 2.11. The van der Waals surface area contributed by atoms with E-state index in [9.17, 15) is 10.2 Å². The number of hydrogen-bond donors (Lipinski definition) is 4. The summed E-state index contributed by atoms with van der Waals surface area (Å²) in [4.78, 5) is 12.6. The fourth-order valence-electron chi connectivity index (χ4n) is 2.44. The molecule has 1 unspecified atom stereocenters. The van der Waals surface area contributed by atoms with E-state index >= 15 is 0 Å². The Balaban J connectivity index is 1.95. The van der Waals surface area contributed by atoms with Crippen molar-refractivity contribution < 1.29 is 14.9 Å².